The molecular formula is C21H28N4O2. The molecule has 6 heteroatoms. The van der Waals surface area contributed by atoms with Gasteiger partial charge in [-0.3, -0.25) is 9.69 Å². The first-order valence-corrected chi connectivity index (χ1v) is 9.87. The molecule has 0 saturated carbocycles. The van der Waals surface area contributed by atoms with Crippen molar-refractivity contribution in [1.82, 2.24) is 15.4 Å². The zero-order valence-corrected chi connectivity index (χ0v) is 16.2. The highest BCUT2D eigenvalue weighted by Crippen LogP contribution is 2.26. The molecule has 1 amide bonds. The van der Waals surface area contributed by atoms with Crippen LogP contribution in [0, 0.1) is 0 Å². The van der Waals surface area contributed by atoms with E-state index in [1.165, 1.54) is 18.4 Å². The van der Waals surface area contributed by atoms with E-state index in [9.17, 15) is 4.79 Å². The summed E-state index contributed by atoms with van der Waals surface area (Å²) >= 11 is 0. The molecule has 1 aromatic heterocycles. The first-order valence-electron chi connectivity index (χ1n) is 9.87. The SMILES string of the molecule is CN(C)c1ccc(C(=O)NC2CCc3onc(CN4CCCC4)c3C2)cc1. The number of hydrogen-bond donors (Lipinski definition) is 1. The third kappa shape index (κ3) is 4.00. The summed E-state index contributed by atoms with van der Waals surface area (Å²) in [7, 11) is 3.99. The maximum atomic E-state index is 12.6. The molecule has 2 aliphatic rings. The topological polar surface area (TPSA) is 61.6 Å². The van der Waals surface area contributed by atoms with Gasteiger partial charge in [0.15, 0.2) is 0 Å². The van der Waals surface area contributed by atoms with Gasteiger partial charge in [-0.1, -0.05) is 5.16 Å². The summed E-state index contributed by atoms with van der Waals surface area (Å²) in [5.41, 5.74) is 4.06. The molecule has 4 rings (SSSR count). The van der Waals surface area contributed by atoms with Crippen molar-refractivity contribution in [2.24, 2.45) is 0 Å². The molecule has 2 aromatic rings. The number of aromatic nitrogens is 1. The van der Waals surface area contributed by atoms with Crippen molar-refractivity contribution in [3.63, 3.8) is 0 Å². The van der Waals surface area contributed by atoms with Crippen LogP contribution in [0.5, 0.6) is 0 Å². The van der Waals surface area contributed by atoms with E-state index in [0.717, 1.165) is 56.0 Å². The van der Waals surface area contributed by atoms with Crippen LogP contribution in [0.2, 0.25) is 0 Å². The first kappa shape index (κ1) is 18.0. The number of likely N-dealkylation sites (tertiary alicyclic amines) is 1. The molecule has 1 aliphatic heterocycles. The minimum atomic E-state index is -0.00805. The van der Waals surface area contributed by atoms with Crippen LogP contribution >= 0.6 is 0 Å². The Hall–Kier alpha value is -2.34. The monoisotopic (exact) mass is 368 g/mol. The second-order valence-electron chi connectivity index (χ2n) is 7.87. The van der Waals surface area contributed by atoms with Crippen molar-refractivity contribution in [3.05, 3.63) is 46.8 Å². The van der Waals surface area contributed by atoms with Gasteiger partial charge in [-0.2, -0.15) is 0 Å². The summed E-state index contributed by atoms with van der Waals surface area (Å²) < 4.78 is 5.58. The third-order valence-electron chi connectivity index (χ3n) is 5.67. The van der Waals surface area contributed by atoms with Gasteiger partial charge in [-0.25, -0.2) is 0 Å². The minimum absolute atomic E-state index is 0.00805. The van der Waals surface area contributed by atoms with Crippen LogP contribution in [0.1, 0.15) is 46.6 Å². The van der Waals surface area contributed by atoms with E-state index in [4.69, 9.17) is 4.52 Å². The molecule has 1 N–H and O–H groups in total. The average Bonchev–Trinajstić information content (AvgIpc) is 3.32. The fourth-order valence-corrected chi connectivity index (χ4v) is 4.04. The molecule has 0 bridgehead atoms. The van der Waals surface area contributed by atoms with Crippen molar-refractivity contribution in [2.45, 2.75) is 44.7 Å². The van der Waals surface area contributed by atoms with E-state index in [2.05, 4.69) is 15.4 Å². The number of carbonyl (C=O) groups excluding carboxylic acids is 1. The second kappa shape index (κ2) is 7.72. The molecule has 1 atom stereocenters. The molecule has 27 heavy (non-hydrogen) atoms. The largest absolute Gasteiger partial charge is 0.378 e. The standard InChI is InChI=1S/C21H28N4O2/c1-24(2)17-8-5-15(6-9-17)21(26)22-16-7-10-20-18(13-16)19(23-27-20)14-25-11-3-4-12-25/h5-6,8-9,16H,3-4,7,10-14H2,1-2H3,(H,22,26). The minimum Gasteiger partial charge on any atom is -0.378 e. The van der Waals surface area contributed by atoms with Crippen LogP contribution in [0.25, 0.3) is 0 Å². The zero-order valence-electron chi connectivity index (χ0n) is 16.2. The predicted molar refractivity (Wildman–Crippen MR) is 105 cm³/mol. The molecule has 0 radical (unpaired) electrons. The Bertz CT molecular complexity index is 791. The molecule has 144 valence electrons. The second-order valence-corrected chi connectivity index (χ2v) is 7.87. The summed E-state index contributed by atoms with van der Waals surface area (Å²) in [4.78, 5) is 17.1. The van der Waals surface area contributed by atoms with Gasteiger partial charge < -0.3 is 14.7 Å². The zero-order chi connectivity index (χ0) is 18.8. The number of rotatable bonds is 5. The van der Waals surface area contributed by atoms with Gasteiger partial charge >= 0.3 is 0 Å². The Morgan fingerprint density at radius 2 is 2.00 bits per heavy atom. The fourth-order valence-electron chi connectivity index (χ4n) is 4.04. The van der Waals surface area contributed by atoms with Gasteiger partial charge in [0.1, 0.15) is 11.5 Å². The lowest BCUT2D eigenvalue weighted by Crippen LogP contribution is -2.39. The highest BCUT2D eigenvalue weighted by atomic mass is 16.5. The number of fused-ring (bicyclic) bond motifs is 1. The van der Waals surface area contributed by atoms with Crippen molar-refractivity contribution < 1.29 is 9.32 Å². The molecule has 1 saturated heterocycles. The normalized spacial score (nSPS) is 19.7. The van der Waals surface area contributed by atoms with E-state index < -0.39 is 0 Å². The number of anilines is 1. The number of nitrogens with one attached hydrogen (secondary N) is 1. The van der Waals surface area contributed by atoms with Gasteiger partial charge in [0.05, 0.1) is 0 Å². The molecule has 0 spiro atoms. The molecule has 6 nitrogen and oxygen atoms in total. The lowest BCUT2D eigenvalue weighted by Gasteiger charge is -2.23. The fraction of sp³-hybridized carbons (Fsp3) is 0.524. The summed E-state index contributed by atoms with van der Waals surface area (Å²) in [6.07, 6.45) is 5.08. The average molecular weight is 368 g/mol. The van der Waals surface area contributed by atoms with E-state index in [-0.39, 0.29) is 11.9 Å². The van der Waals surface area contributed by atoms with Crippen LogP contribution in [-0.4, -0.2) is 49.2 Å². The van der Waals surface area contributed by atoms with Crippen LogP contribution in [0.4, 0.5) is 5.69 Å². The maximum absolute atomic E-state index is 12.6. The molecule has 1 fully saturated rings. The van der Waals surface area contributed by atoms with Gasteiger partial charge in [0.25, 0.3) is 5.91 Å². The van der Waals surface area contributed by atoms with E-state index >= 15 is 0 Å². The Labute approximate surface area is 160 Å². The Kier molecular flexibility index (Phi) is 5.16. The summed E-state index contributed by atoms with van der Waals surface area (Å²) in [5, 5.41) is 7.53. The number of aryl methyl sites for hydroxylation is 1. The first-order chi connectivity index (χ1) is 13.1. The Morgan fingerprint density at radius 3 is 2.70 bits per heavy atom. The van der Waals surface area contributed by atoms with Gasteiger partial charge in [0.2, 0.25) is 0 Å². The van der Waals surface area contributed by atoms with Crippen molar-refractivity contribution in [1.29, 1.82) is 0 Å². The smallest absolute Gasteiger partial charge is 0.251 e. The van der Waals surface area contributed by atoms with Crippen LogP contribution in [0.3, 0.4) is 0 Å². The number of benzene rings is 1. The number of carbonyl (C=O) groups is 1. The number of nitrogens with zero attached hydrogens (tertiary/aromatic N) is 3. The van der Waals surface area contributed by atoms with Crippen LogP contribution in [0.15, 0.2) is 28.8 Å². The van der Waals surface area contributed by atoms with Gasteiger partial charge in [-0.05, 0) is 63.0 Å². The molecule has 1 aromatic carbocycles. The van der Waals surface area contributed by atoms with E-state index in [0.29, 0.717) is 5.56 Å². The molecule has 1 unspecified atom stereocenters. The highest BCUT2D eigenvalue weighted by Gasteiger charge is 2.28. The van der Waals surface area contributed by atoms with E-state index in [1.807, 2.05) is 43.3 Å². The molecule has 2 heterocycles. The number of hydrogen-bond acceptors (Lipinski definition) is 5. The van der Waals surface area contributed by atoms with E-state index in [1.54, 1.807) is 0 Å². The molecule has 1 aliphatic carbocycles. The quantitative estimate of drug-likeness (QED) is 0.879. The van der Waals surface area contributed by atoms with Crippen molar-refractivity contribution >= 4 is 11.6 Å². The van der Waals surface area contributed by atoms with Crippen LogP contribution < -0.4 is 10.2 Å². The predicted octanol–water partition coefficient (Wildman–Crippen LogP) is 2.62. The maximum Gasteiger partial charge on any atom is 0.251 e. The van der Waals surface area contributed by atoms with Crippen molar-refractivity contribution in [3.8, 4) is 0 Å². The van der Waals surface area contributed by atoms with Crippen molar-refractivity contribution in [2.75, 3.05) is 32.1 Å². The lowest BCUT2D eigenvalue weighted by atomic mass is 9.91. The number of amides is 1. The third-order valence-corrected chi connectivity index (χ3v) is 5.67. The summed E-state index contributed by atoms with van der Waals surface area (Å²) in [6, 6.07) is 7.86. The Balaban J connectivity index is 1.40. The van der Waals surface area contributed by atoms with Gasteiger partial charge in [-0.15, -0.1) is 0 Å². The summed E-state index contributed by atoms with van der Waals surface area (Å²) in [6.45, 7) is 3.15. The highest BCUT2D eigenvalue weighted by molar-refractivity contribution is 5.94. The van der Waals surface area contributed by atoms with Gasteiger partial charge in [0, 0.05) is 49.9 Å². The molecular weight excluding hydrogens is 340 g/mol. The Morgan fingerprint density at radius 1 is 1.26 bits per heavy atom. The van der Waals surface area contributed by atoms with Crippen LogP contribution in [-0.2, 0) is 19.4 Å². The lowest BCUT2D eigenvalue weighted by molar-refractivity contribution is 0.0932. The summed E-state index contributed by atoms with van der Waals surface area (Å²) in [5.74, 6) is 0.997.